The van der Waals surface area contributed by atoms with Gasteiger partial charge >= 0.3 is 0 Å². The molecule has 2 aromatic heterocycles. The van der Waals surface area contributed by atoms with Crippen molar-refractivity contribution < 1.29 is 14.3 Å². The molecule has 0 radical (unpaired) electrons. The Morgan fingerprint density at radius 2 is 2.12 bits per heavy atom. The number of hydrogen-bond acceptors (Lipinski definition) is 6. The van der Waals surface area contributed by atoms with Crippen LogP contribution in [0.4, 0.5) is 0 Å². The van der Waals surface area contributed by atoms with Gasteiger partial charge in [0.25, 0.3) is 5.91 Å². The monoisotopic (exact) mass is 359 g/mol. The highest BCUT2D eigenvalue weighted by Gasteiger charge is 2.28. The van der Waals surface area contributed by atoms with E-state index in [2.05, 4.69) is 14.9 Å². The van der Waals surface area contributed by atoms with Gasteiger partial charge in [-0.2, -0.15) is 0 Å². The van der Waals surface area contributed by atoms with E-state index in [1.807, 2.05) is 24.1 Å². The maximum atomic E-state index is 13.2. The zero-order valence-electron chi connectivity index (χ0n) is 15.1. The second kappa shape index (κ2) is 7.69. The van der Waals surface area contributed by atoms with Gasteiger partial charge in [-0.25, -0.2) is 9.97 Å². The van der Waals surface area contributed by atoms with Crippen LogP contribution in [0.5, 0.6) is 0 Å². The Balaban J connectivity index is 1.51. The van der Waals surface area contributed by atoms with Gasteiger partial charge in [-0.05, 0) is 19.4 Å². The van der Waals surface area contributed by atoms with Crippen LogP contribution in [0.25, 0.3) is 5.78 Å². The Kier molecular flexibility index (Phi) is 5.14. The molecule has 1 amide bonds. The predicted octanol–water partition coefficient (Wildman–Crippen LogP) is 0.601. The van der Waals surface area contributed by atoms with Gasteiger partial charge in [0, 0.05) is 51.7 Å². The van der Waals surface area contributed by atoms with Gasteiger partial charge in [0.1, 0.15) is 5.69 Å². The Morgan fingerprint density at radius 3 is 2.96 bits per heavy atom. The number of ether oxygens (including phenoxy) is 2. The Hall–Kier alpha value is -2.03. The van der Waals surface area contributed by atoms with Crippen LogP contribution in [0.15, 0.2) is 18.5 Å². The molecule has 8 nitrogen and oxygen atoms in total. The standard InChI is InChI=1S/C18H25N5O3/c1-14-16(23-6-2-4-19-18(23)20-14)17(24)22-5-3-9-26-15(13-22)12-21-7-10-25-11-8-21/h2,4,6,15H,3,5,7-13H2,1H3/t15-/m1/s1. The number of carbonyl (C=O) groups excluding carboxylic acids is 1. The molecular formula is C18H25N5O3. The van der Waals surface area contributed by atoms with Gasteiger partial charge in [-0.15, -0.1) is 0 Å². The molecule has 0 unspecified atom stereocenters. The van der Waals surface area contributed by atoms with Crippen molar-refractivity contribution in [3.63, 3.8) is 0 Å². The number of rotatable bonds is 3. The summed E-state index contributed by atoms with van der Waals surface area (Å²) in [6.45, 7) is 8.06. The summed E-state index contributed by atoms with van der Waals surface area (Å²) in [5.41, 5.74) is 1.31. The summed E-state index contributed by atoms with van der Waals surface area (Å²) in [7, 11) is 0. The average Bonchev–Trinajstić information content (AvgIpc) is 2.82. The molecule has 0 N–H and O–H groups in total. The minimum Gasteiger partial charge on any atom is -0.379 e. The van der Waals surface area contributed by atoms with Gasteiger partial charge in [0.15, 0.2) is 0 Å². The van der Waals surface area contributed by atoms with Crippen LogP contribution in [0.3, 0.4) is 0 Å². The summed E-state index contributed by atoms with van der Waals surface area (Å²) in [4.78, 5) is 26.1. The fourth-order valence-corrected chi connectivity index (χ4v) is 3.67. The minimum atomic E-state index is 0.000442. The predicted molar refractivity (Wildman–Crippen MR) is 95.2 cm³/mol. The van der Waals surface area contributed by atoms with Gasteiger partial charge in [0.2, 0.25) is 5.78 Å². The molecule has 0 spiro atoms. The third-order valence-corrected chi connectivity index (χ3v) is 4.98. The first-order valence-electron chi connectivity index (χ1n) is 9.23. The second-order valence-electron chi connectivity index (χ2n) is 6.85. The normalized spacial score (nSPS) is 22.5. The molecular weight excluding hydrogens is 334 g/mol. The van der Waals surface area contributed by atoms with Gasteiger partial charge in [0.05, 0.1) is 25.0 Å². The molecule has 2 saturated heterocycles. The highest BCUT2D eigenvalue weighted by atomic mass is 16.5. The van der Waals surface area contributed by atoms with E-state index in [4.69, 9.17) is 9.47 Å². The van der Waals surface area contributed by atoms with Crippen molar-refractivity contribution in [1.82, 2.24) is 24.2 Å². The third-order valence-electron chi connectivity index (χ3n) is 4.98. The van der Waals surface area contributed by atoms with E-state index in [1.54, 1.807) is 10.6 Å². The van der Waals surface area contributed by atoms with Crippen LogP contribution < -0.4 is 0 Å². The molecule has 2 aromatic rings. The molecule has 2 fully saturated rings. The molecule has 4 heterocycles. The fourth-order valence-electron chi connectivity index (χ4n) is 3.67. The van der Waals surface area contributed by atoms with E-state index >= 15 is 0 Å². The van der Waals surface area contributed by atoms with Crippen LogP contribution >= 0.6 is 0 Å². The lowest BCUT2D eigenvalue weighted by molar-refractivity contribution is -0.0112. The van der Waals surface area contributed by atoms with Crippen LogP contribution in [-0.2, 0) is 9.47 Å². The molecule has 26 heavy (non-hydrogen) atoms. The molecule has 0 aromatic carbocycles. The average molecular weight is 359 g/mol. The zero-order chi connectivity index (χ0) is 17.9. The van der Waals surface area contributed by atoms with Crippen molar-refractivity contribution >= 4 is 11.7 Å². The number of hydrogen-bond donors (Lipinski definition) is 0. The van der Waals surface area contributed by atoms with E-state index in [-0.39, 0.29) is 12.0 Å². The summed E-state index contributed by atoms with van der Waals surface area (Å²) in [6, 6.07) is 1.82. The zero-order valence-corrected chi connectivity index (χ0v) is 15.1. The largest absolute Gasteiger partial charge is 0.379 e. The summed E-state index contributed by atoms with van der Waals surface area (Å²) < 4.78 is 13.2. The van der Waals surface area contributed by atoms with E-state index < -0.39 is 0 Å². The van der Waals surface area contributed by atoms with Crippen LogP contribution in [-0.4, -0.2) is 88.7 Å². The molecule has 0 bridgehead atoms. The van der Waals surface area contributed by atoms with Gasteiger partial charge in [-0.1, -0.05) is 0 Å². The lowest BCUT2D eigenvalue weighted by Crippen LogP contribution is -2.46. The molecule has 140 valence electrons. The van der Waals surface area contributed by atoms with Crippen molar-refractivity contribution in [3.8, 4) is 0 Å². The quantitative estimate of drug-likeness (QED) is 0.799. The van der Waals surface area contributed by atoms with E-state index in [0.29, 0.717) is 36.9 Å². The Bertz CT molecular complexity index is 771. The minimum absolute atomic E-state index is 0.000442. The number of fused-ring (bicyclic) bond motifs is 1. The number of amides is 1. The van der Waals surface area contributed by atoms with E-state index in [1.165, 1.54) is 0 Å². The van der Waals surface area contributed by atoms with Crippen molar-refractivity contribution in [3.05, 3.63) is 29.8 Å². The topological polar surface area (TPSA) is 72.2 Å². The first-order chi connectivity index (χ1) is 12.7. The van der Waals surface area contributed by atoms with Crippen LogP contribution in [0.2, 0.25) is 0 Å². The van der Waals surface area contributed by atoms with Crippen molar-refractivity contribution in [2.24, 2.45) is 0 Å². The number of carbonyl (C=O) groups is 1. The highest BCUT2D eigenvalue weighted by molar-refractivity contribution is 5.94. The summed E-state index contributed by atoms with van der Waals surface area (Å²) >= 11 is 0. The van der Waals surface area contributed by atoms with E-state index in [9.17, 15) is 4.79 Å². The summed E-state index contributed by atoms with van der Waals surface area (Å²) in [5.74, 6) is 0.560. The Labute approximate surface area is 152 Å². The molecule has 4 rings (SSSR count). The smallest absolute Gasteiger partial charge is 0.272 e. The lowest BCUT2D eigenvalue weighted by Gasteiger charge is -2.31. The molecule has 0 aliphatic carbocycles. The van der Waals surface area contributed by atoms with Gasteiger partial charge in [-0.3, -0.25) is 14.1 Å². The number of imidazole rings is 1. The lowest BCUT2D eigenvalue weighted by atomic mass is 10.2. The SMILES string of the molecule is Cc1nc2ncccn2c1C(=O)N1CCCO[C@H](CN2CCOCC2)C1. The maximum Gasteiger partial charge on any atom is 0.272 e. The maximum absolute atomic E-state index is 13.2. The third kappa shape index (κ3) is 3.58. The van der Waals surface area contributed by atoms with Gasteiger partial charge < -0.3 is 14.4 Å². The Morgan fingerprint density at radius 1 is 1.27 bits per heavy atom. The van der Waals surface area contributed by atoms with Crippen molar-refractivity contribution in [2.45, 2.75) is 19.4 Å². The van der Waals surface area contributed by atoms with Crippen LogP contribution in [0, 0.1) is 6.92 Å². The molecule has 0 saturated carbocycles. The molecule has 8 heteroatoms. The molecule has 1 atom stereocenters. The van der Waals surface area contributed by atoms with Crippen molar-refractivity contribution in [1.29, 1.82) is 0 Å². The van der Waals surface area contributed by atoms with Crippen molar-refractivity contribution in [2.75, 3.05) is 52.5 Å². The number of aromatic nitrogens is 3. The highest BCUT2D eigenvalue weighted by Crippen LogP contribution is 2.16. The van der Waals surface area contributed by atoms with E-state index in [0.717, 1.165) is 39.3 Å². The molecule has 2 aliphatic heterocycles. The number of nitrogens with zero attached hydrogens (tertiary/aromatic N) is 5. The summed E-state index contributed by atoms with van der Waals surface area (Å²) in [5, 5.41) is 0. The fraction of sp³-hybridized carbons (Fsp3) is 0.611. The second-order valence-corrected chi connectivity index (χ2v) is 6.85. The first-order valence-corrected chi connectivity index (χ1v) is 9.23. The first kappa shape index (κ1) is 17.4. The van der Waals surface area contributed by atoms with Crippen LogP contribution in [0.1, 0.15) is 22.6 Å². The summed E-state index contributed by atoms with van der Waals surface area (Å²) in [6.07, 6.45) is 4.40. The number of aryl methyl sites for hydroxylation is 1. The molecule has 2 aliphatic rings. The number of morpholine rings is 1.